The zero-order valence-corrected chi connectivity index (χ0v) is 12.8. The van der Waals surface area contributed by atoms with E-state index in [1.54, 1.807) is 24.7 Å². The largest absolute Gasteiger partial charge is 0.434 e. The fourth-order valence-corrected chi connectivity index (χ4v) is 2.33. The molecule has 2 heterocycles. The minimum atomic E-state index is -2.85. The fourth-order valence-electron chi connectivity index (χ4n) is 2.33. The molecule has 0 radical (unpaired) electrons. The van der Waals surface area contributed by atoms with Crippen molar-refractivity contribution in [3.05, 3.63) is 47.9 Å². The summed E-state index contributed by atoms with van der Waals surface area (Å²) in [6.07, 6.45) is 3.38. The van der Waals surface area contributed by atoms with E-state index in [4.69, 9.17) is 0 Å². The predicted octanol–water partition coefficient (Wildman–Crippen LogP) is 3.49. The number of aromatic nitrogens is 3. The van der Waals surface area contributed by atoms with Crippen LogP contribution in [-0.4, -0.2) is 21.1 Å². The number of nitrogens with one attached hydrogen (secondary N) is 1. The number of imidazole rings is 1. The molecule has 3 aromatic rings. The van der Waals surface area contributed by atoms with Crippen LogP contribution in [0.25, 0.3) is 11.0 Å². The monoisotopic (exact) mass is 318 g/mol. The molecule has 7 heteroatoms. The Hall–Kier alpha value is -2.70. The van der Waals surface area contributed by atoms with E-state index >= 15 is 0 Å². The van der Waals surface area contributed by atoms with Gasteiger partial charge in [0.05, 0.1) is 18.0 Å². The van der Waals surface area contributed by atoms with Gasteiger partial charge in [-0.2, -0.15) is 8.78 Å². The lowest BCUT2D eigenvalue weighted by Crippen LogP contribution is -2.08. The highest BCUT2D eigenvalue weighted by Crippen LogP contribution is 2.23. The summed E-state index contributed by atoms with van der Waals surface area (Å²) in [5.41, 5.74) is 3.24. The highest BCUT2D eigenvalue weighted by Gasteiger charge is 2.10. The maximum absolute atomic E-state index is 12.5. The molecule has 0 saturated carbocycles. The van der Waals surface area contributed by atoms with Gasteiger partial charge in [0, 0.05) is 25.2 Å². The van der Waals surface area contributed by atoms with Gasteiger partial charge in [0.15, 0.2) is 0 Å². The number of halogens is 2. The van der Waals surface area contributed by atoms with Crippen LogP contribution in [-0.2, 0) is 13.6 Å². The van der Waals surface area contributed by atoms with E-state index in [1.165, 1.54) is 0 Å². The summed E-state index contributed by atoms with van der Waals surface area (Å²) in [6.45, 7) is -0.689. The first kappa shape index (κ1) is 15.2. The molecule has 23 heavy (non-hydrogen) atoms. The third-order valence-electron chi connectivity index (χ3n) is 3.51. The van der Waals surface area contributed by atoms with Gasteiger partial charge >= 0.3 is 6.61 Å². The summed E-state index contributed by atoms with van der Waals surface area (Å²) in [5, 5.41) is 3.13. The lowest BCUT2D eigenvalue weighted by atomic mass is 10.1. The van der Waals surface area contributed by atoms with Crippen LogP contribution in [0.5, 0.6) is 5.75 Å². The lowest BCUT2D eigenvalue weighted by molar-refractivity contribution is -0.0504. The van der Waals surface area contributed by atoms with E-state index < -0.39 is 6.61 Å². The van der Waals surface area contributed by atoms with Crippen molar-refractivity contribution >= 4 is 16.9 Å². The Labute approximate surface area is 131 Å². The lowest BCUT2D eigenvalue weighted by Gasteiger charge is -2.12. The van der Waals surface area contributed by atoms with Gasteiger partial charge < -0.3 is 14.6 Å². The Kier molecular flexibility index (Phi) is 4.10. The highest BCUT2D eigenvalue weighted by atomic mass is 19.3. The number of ether oxygens (including phenoxy) is 1. The Balaban J connectivity index is 1.80. The van der Waals surface area contributed by atoms with E-state index in [0.717, 1.165) is 16.6 Å². The molecule has 5 nitrogen and oxygen atoms in total. The number of pyridine rings is 1. The second-order valence-electron chi connectivity index (χ2n) is 5.26. The number of alkyl halides is 2. The van der Waals surface area contributed by atoms with Crippen molar-refractivity contribution in [3.63, 3.8) is 0 Å². The van der Waals surface area contributed by atoms with E-state index in [-0.39, 0.29) is 5.75 Å². The highest BCUT2D eigenvalue weighted by molar-refractivity contribution is 5.77. The van der Waals surface area contributed by atoms with E-state index in [2.05, 4.69) is 20.0 Å². The number of hydrogen-bond acceptors (Lipinski definition) is 4. The number of nitrogens with zero attached hydrogens (tertiary/aromatic N) is 3. The number of anilines is 1. The Morgan fingerprint density at radius 2 is 2.09 bits per heavy atom. The first-order chi connectivity index (χ1) is 11.0. The zero-order chi connectivity index (χ0) is 16.4. The van der Waals surface area contributed by atoms with Crippen molar-refractivity contribution < 1.29 is 13.5 Å². The molecule has 3 rings (SSSR count). The number of fused-ring (bicyclic) bond motifs is 1. The molecule has 120 valence electrons. The van der Waals surface area contributed by atoms with Crippen molar-refractivity contribution in [2.24, 2.45) is 7.05 Å². The van der Waals surface area contributed by atoms with Gasteiger partial charge in [-0.3, -0.25) is 0 Å². The predicted molar refractivity (Wildman–Crippen MR) is 83.6 cm³/mol. The molecule has 1 aromatic carbocycles. The van der Waals surface area contributed by atoms with Gasteiger partial charge in [-0.15, -0.1) is 0 Å². The molecule has 0 aliphatic heterocycles. The molecule has 0 aliphatic carbocycles. The Morgan fingerprint density at radius 3 is 2.87 bits per heavy atom. The van der Waals surface area contributed by atoms with Gasteiger partial charge in [0.25, 0.3) is 0 Å². The quantitative estimate of drug-likeness (QED) is 0.782. The Bertz CT molecular complexity index is 832. The number of rotatable bonds is 5. The minimum Gasteiger partial charge on any atom is -0.434 e. The van der Waals surface area contributed by atoms with Crippen LogP contribution < -0.4 is 10.1 Å². The van der Waals surface area contributed by atoms with Crippen molar-refractivity contribution in [1.82, 2.24) is 14.5 Å². The van der Waals surface area contributed by atoms with Crippen LogP contribution in [0.3, 0.4) is 0 Å². The van der Waals surface area contributed by atoms with Crippen LogP contribution in [0.1, 0.15) is 11.1 Å². The van der Waals surface area contributed by atoms with Crippen molar-refractivity contribution in [2.45, 2.75) is 20.1 Å². The van der Waals surface area contributed by atoms with Gasteiger partial charge in [-0.25, -0.2) is 9.97 Å². The molecule has 2 aromatic heterocycles. The summed E-state index contributed by atoms with van der Waals surface area (Å²) in [7, 11) is 1.90. The third kappa shape index (κ3) is 3.39. The molecule has 0 saturated heterocycles. The number of aryl methyl sites for hydroxylation is 2. The Morgan fingerprint density at radius 1 is 1.26 bits per heavy atom. The van der Waals surface area contributed by atoms with Crippen molar-refractivity contribution in [2.75, 3.05) is 5.32 Å². The number of benzene rings is 1. The SMILES string of the molecule is Cc1ccc(CNc2cc3c(cn2)ncn3C)c(OC(F)F)c1. The van der Waals surface area contributed by atoms with Gasteiger partial charge in [-0.05, 0) is 18.6 Å². The smallest absolute Gasteiger partial charge is 0.387 e. The van der Waals surface area contributed by atoms with Crippen molar-refractivity contribution in [3.8, 4) is 5.75 Å². The second kappa shape index (κ2) is 6.20. The van der Waals surface area contributed by atoms with Gasteiger partial charge in [-0.1, -0.05) is 12.1 Å². The zero-order valence-electron chi connectivity index (χ0n) is 12.8. The topological polar surface area (TPSA) is 52.0 Å². The van der Waals surface area contributed by atoms with Crippen LogP contribution in [0.2, 0.25) is 0 Å². The molecule has 1 N–H and O–H groups in total. The summed E-state index contributed by atoms with van der Waals surface area (Å²) >= 11 is 0. The number of hydrogen-bond donors (Lipinski definition) is 1. The van der Waals surface area contributed by atoms with Crippen molar-refractivity contribution in [1.29, 1.82) is 0 Å². The van der Waals surface area contributed by atoms with Crippen LogP contribution in [0, 0.1) is 6.92 Å². The van der Waals surface area contributed by atoms with Crippen LogP contribution in [0.4, 0.5) is 14.6 Å². The summed E-state index contributed by atoms with van der Waals surface area (Å²) in [6, 6.07) is 7.08. The maximum atomic E-state index is 12.5. The van der Waals surface area contributed by atoms with Gasteiger partial charge in [0.1, 0.15) is 17.1 Å². The van der Waals surface area contributed by atoms with E-state index in [1.807, 2.05) is 30.7 Å². The first-order valence-electron chi connectivity index (χ1n) is 7.08. The van der Waals surface area contributed by atoms with Crippen LogP contribution in [0.15, 0.2) is 36.8 Å². The summed E-state index contributed by atoms with van der Waals surface area (Å²) in [5.74, 6) is 0.818. The standard InChI is InChI=1S/C16H16F2N4O/c1-10-3-4-11(14(5-10)23-16(17)18)7-19-15-6-13-12(8-20-15)21-9-22(13)2/h3-6,8-9,16H,7H2,1-2H3,(H,19,20). The molecule has 0 fully saturated rings. The molecular weight excluding hydrogens is 302 g/mol. The summed E-state index contributed by atoms with van der Waals surface area (Å²) in [4.78, 5) is 8.47. The molecule has 0 spiro atoms. The average molecular weight is 318 g/mol. The average Bonchev–Trinajstić information content (AvgIpc) is 2.87. The molecule has 0 unspecified atom stereocenters. The van der Waals surface area contributed by atoms with E-state index in [9.17, 15) is 8.78 Å². The normalized spacial score (nSPS) is 11.2. The minimum absolute atomic E-state index is 0.175. The first-order valence-corrected chi connectivity index (χ1v) is 7.08. The molecule has 0 aliphatic rings. The second-order valence-corrected chi connectivity index (χ2v) is 5.26. The maximum Gasteiger partial charge on any atom is 0.387 e. The van der Waals surface area contributed by atoms with Crippen LogP contribution >= 0.6 is 0 Å². The molecule has 0 atom stereocenters. The van der Waals surface area contributed by atoms with E-state index in [0.29, 0.717) is 17.9 Å². The van der Waals surface area contributed by atoms with Gasteiger partial charge in [0.2, 0.25) is 0 Å². The summed E-state index contributed by atoms with van der Waals surface area (Å²) < 4.78 is 31.5. The third-order valence-corrected chi connectivity index (χ3v) is 3.51. The fraction of sp³-hybridized carbons (Fsp3) is 0.250. The molecule has 0 amide bonds. The molecule has 0 bridgehead atoms. The molecular formula is C16H16F2N4O.